The van der Waals surface area contributed by atoms with Crippen molar-refractivity contribution < 1.29 is 14.7 Å². The molecular formula is C14H19N3O3. The Hall–Kier alpha value is -2.11. The van der Waals surface area contributed by atoms with Gasteiger partial charge >= 0.3 is 12.0 Å². The van der Waals surface area contributed by atoms with Gasteiger partial charge in [-0.1, -0.05) is 0 Å². The fourth-order valence-electron chi connectivity index (χ4n) is 2.32. The first-order valence-electron chi connectivity index (χ1n) is 6.55. The van der Waals surface area contributed by atoms with Gasteiger partial charge in [0.2, 0.25) is 0 Å². The number of rotatable bonds is 2. The van der Waals surface area contributed by atoms with Gasteiger partial charge in [-0.3, -0.25) is 9.78 Å². The molecule has 0 aromatic carbocycles. The summed E-state index contributed by atoms with van der Waals surface area (Å²) < 4.78 is 0. The van der Waals surface area contributed by atoms with Gasteiger partial charge in [-0.05, 0) is 39.3 Å². The first-order valence-corrected chi connectivity index (χ1v) is 6.55. The molecule has 6 nitrogen and oxygen atoms in total. The highest BCUT2D eigenvalue weighted by molar-refractivity contribution is 5.90. The van der Waals surface area contributed by atoms with Crippen molar-refractivity contribution in [3.8, 4) is 0 Å². The number of amides is 2. The molecule has 1 saturated heterocycles. The number of hydrogen-bond acceptors (Lipinski definition) is 3. The lowest BCUT2D eigenvalue weighted by Gasteiger charge is -2.21. The highest BCUT2D eigenvalue weighted by atomic mass is 16.4. The van der Waals surface area contributed by atoms with E-state index in [0.717, 1.165) is 11.4 Å². The van der Waals surface area contributed by atoms with E-state index in [-0.39, 0.29) is 12.6 Å². The van der Waals surface area contributed by atoms with E-state index in [1.807, 2.05) is 26.0 Å². The van der Waals surface area contributed by atoms with Crippen LogP contribution in [-0.2, 0) is 4.79 Å². The fourth-order valence-corrected chi connectivity index (χ4v) is 2.32. The fraction of sp³-hybridized carbons (Fsp3) is 0.500. The van der Waals surface area contributed by atoms with E-state index in [4.69, 9.17) is 5.11 Å². The molecule has 1 aromatic heterocycles. The number of carbonyl (C=O) groups is 2. The third kappa shape index (κ3) is 2.74. The van der Waals surface area contributed by atoms with Gasteiger partial charge < -0.3 is 15.3 Å². The summed E-state index contributed by atoms with van der Waals surface area (Å²) in [6, 6.07) is 3.36. The Morgan fingerprint density at radius 3 is 2.65 bits per heavy atom. The molecule has 1 aliphatic rings. The molecule has 6 heteroatoms. The number of urea groups is 1. The average molecular weight is 277 g/mol. The van der Waals surface area contributed by atoms with E-state index in [9.17, 15) is 9.59 Å². The van der Waals surface area contributed by atoms with Gasteiger partial charge in [0.05, 0.1) is 16.8 Å². The SMILES string of the molecule is Cc1ccc(NC(=O)N2CCC(C)(C(=O)O)C2)c(C)n1. The summed E-state index contributed by atoms with van der Waals surface area (Å²) in [5, 5.41) is 12.0. The molecular weight excluding hydrogens is 258 g/mol. The lowest BCUT2D eigenvalue weighted by Crippen LogP contribution is -2.37. The molecule has 1 fully saturated rings. The van der Waals surface area contributed by atoms with E-state index < -0.39 is 11.4 Å². The van der Waals surface area contributed by atoms with Gasteiger partial charge in [0, 0.05) is 18.8 Å². The molecule has 2 rings (SSSR count). The predicted octanol–water partition coefficient (Wildman–Crippen LogP) is 2.03. The van der Waals surface area contributed by atoms with Crippen molar-refractivity contribution in [3.05, 3.63) is 23.5 Å². The Balaban J connectivity index is 2.05. The van der Waals surface area contributed by atoms with Crippen LogP contribution in [0.5, 0.6) is 0 Å². The number of aromatic nitrogens is 1. The van der Waals surface area contributed by atoms with Crippen molar-refractivity contribution in [3.63, 3.8) is 0 Å². The molecule has 0 spiro atoms. The number of likely N-dealkylation sites (tertiary alicyclic amines) is 1. The zero-order chi connectivity index (χ0) is 14.9. The molecule has 2 amide bonds. The highest BCUT2D eigenvalue weighted by Gasteiger charge is 2.42. The number of anilines is 1. The Bertz CT molecular complexity index is 559. The second kappa shape index (κ2) is 5.11. The van der Waals surface area contributed by atoms with Crippen molar-refractivity contribution in [2.75, 3.05) is 18.4 Å². The van der Waals surface area contributed by atoms with E-state index in [0.29, 0.717) is 18.7 Å². The van der Waals surface area contributed by atoms with Gasteiger partial charge in [-0.2, -0.15) is 0 Å². The number of carbonyl (C=O) groups excluding carboxylic acids is 1. The van der Waals surface area contributed by atoms with Crippen LogP contribution >= 0.6 is 0 Å². The number of carboxylic acid groups (broad SMARTS) is 1. The standard InChI is InChI=1S/C14H19N3O3/c1-9-4-5-11(10(2)15-9)16-13(20)17-7-6-14(3,8-17)12(18)19/h4-5H,6-8H2,1-3H3,(H,16,20)(H,18,19). The second-order valence-corrected chi connectivity index (χ2v) is 5.55. The lowest BCUT2D eigenvalue weighted by molar-refractivity contribution is -0.146. The van der Waals surface area contributed by atoms with Crippen molar-refractivity contribution in [2.45, 2.75) is 27.2 Å². The number of nitrogens with zero attached hydrogens (tertiary/aromatic N) is 2. The number of aryl methyl sites for hydroxylation is 2. The largest absolute Gasteiger partial charge is 0.481 e. The topological polar surface area (TPSA) is 82.5 Å². The van der Waals surface area contributed by atoms with E-state index in [2.05, 4.69) is 10.3 Å². The first kappa shape index (κ1) is 14.3. The summed E-state index contributed by atoms with van der Waals surface area (Å²) in [7, 11) is 0. The number of carboxylic acids is 1. The van der Waals surface area contributed by atoms with Crippen molar-refractivity contribution >= 4 is 17.7 Å². The summed E-state index contributed by atoms with van der Waals surface area (Å²) in [4.78, 5) is 29.1. The molecule has 1 aromatic rings. The molecule has 1 unspecified atom stereocenters. The monoisotopic (exact) mass is 277 g/mol. The van der Waals surface area contributed by atoms with Crippen LogP contribution in [0.15, 0.2) is 12.1 Å². The molecule has 1 aliphatic heterocycles. The van der Waals surface area contributed by atoms with Crippen LogP contribution < -0.4 is 5.32 Å². The van der Waals surface area contributed by atoms with Crippen molar-refractivity contribution in [2.24, 2.45) is 5.41 Å². The summed E-state index contributed by atoms with van der Waals surface area (Å²) in [5.41, 5.74) is 1.45. The number of nitrogens with one attached hydrogen (secondary N) is 1. The van der Waals surface area contributed by atoms with Crippen LogP contribution in [0.4, 0.5) is 10.5 Å². The lowest BCUT2D eigenvalue weighted by atomic mass is 9.90. The Morgan fingerprint density at radius 2 is 2.10 bits per heavy atom. The minimum Gasteiger partial charge on any atom is -0.481 e. The second-order valence-electron chi connectivity index (χ2n) is 5.55. The number of hydrogen-bond donors (Lipinski definition) is 2. The maximum Gasteiger partial charge on any atom is 0.321 e. The predicted molar refractivity (Wildman–Crippen MR) is 74.7 cm³/mol. The van der Waals surface area contributed by atoms with E-state index in [1.54, 1.807) is 6.92 Å². The molecule has 2 heterocycles. The minimum atomic E-state index is -0.860. The summed E-state index contributed by atoms with van der Waals surface area (Å²) in [5.74, 6) is -0.860. The number of pyridine rings is 1. The first-order chi connectivity index (χ1) is 9.32. The van der Waals surface area contributed by atoms with Crippen LogP contribution in [0.3, 0.4) is 0 Å². The van der Waals surface area contributed by atoms with Gasteiger partial charge in [0.1, 0.15) is 0 Å². The molecule has 0 radical (unpaired) electrons. The average Bonchev–Trinajstić information content (AvgIpc) is 2.77. The molecule has 0 aliphatic carbocycles. The summed E-state index contributed by atoms with van der Waals surface area (Å²) in [6.07, 6.45) is 0.473. The molecule has 1 atom stereocenters. The van der Waals surface area contributed by atoms with Crippen LogP contribution in [0.2, 0.25) is 0 Å². The van der Waals surface area contributed by atoms with Gasteiger partial charge in [0.25, 0.3) is 0 Å². The van der Waals surface area contributed by atoms with E-state index in [1.165, 1.54) is 4.90 Å². The normalized spacial score (nSPS) is 21.9. The zero-order valence-corrected chi connectivity index (χ0v) is 11.9. The van der Waals surface area contributed by atoms with Crippen molar-refractivity contribution in [1.29, 1.82) is 0 Å². The Morgan fingerprint density at radius 1 is 1.40 bits per heavy atom. The highest BCUT2D eigenvalue weighted by Crippen LogP contribution is 2.30. The van der Waals surface area contributed by atoms with Crippen LogP contribution in [0, 0.1) is 19.3 Å². The van der Waals surface area contributed by atoms with Gasteiger partial charge in [0.15, 0.2) is 0 Å². The Labute approximate surface area is 117 Å². The zero-order valence-electron chi connectivity index (χ0n) is 11.9. The molecule has 0 saturated carbocycles. The summed E-state index contributed by atoms with van der Waals surface area (Å²) >= 11 is 0. The number of aliphatic carboxylic acids is 1. The molecule has 20 heavy (non-hydrogen) atoms. The van der Waals surface area contributed by atoms with Gasteiger partial charge in [-0.25, -0.2) is 4.79 Å². The third-order valence-electron chi connectivity index (χ3n) is 3.74. The maximum absolute atomic E-state index is 12.2. The Kier molecular flexibility index (Phi) is 3.65. The maximum atomic E-state index is 12.2. The smallest absolute Gasteiger partial charge is 0.321 e. The van der Waals surface area contributed by atoms with Gasteiger partial charge in [-0.15, -0.1) is 0 Å². The quantitative estimate of drug-likeness (QED) is 0.866. The molecule has 108 valence electrons. The summed E-state index contributed by atoms with van der Waals surface area (Å²) in [6.45, 7) is 6.06. The minimum absolute atomic E-state index is 0.229. The third-order valence-corrected chi connectivity index (χ3v) is 3.74. The molecule has 0 bridgehead atoms. The van der Waals surface area contributed by atoms with Crippen LogP contribution in [0.25, 0.3) is 0 Å². The van der Waals surface area contributed by atoms with Crippen molar-refractivity contribution in [1.82, 2.24) is 9.88 Å². The molecule has 2 N–H and O–H groups in total. The van der Waals surface area contributed by atoms with Crippen LogP contribution in [0.1, 0.15) is 24.7 Å². The van der Waals surface area contributed by atoms with Crippen LogP contribution in [-0.4, -0.2) is 40.1 Å². The van der Waals surface area contributed by atoms with E-state index >= 15 is 0 Å².